The molecule has 1 N–H and O–H groups in total. The number of rotatable bonds is 2. The predicted octanol–water partition coefficient (Wildman–Crippen LogP) is 5.18. The smallest absolute Gasteiger partial charge is 0.134 e. The van der Waals surface area contributed by atoms with Crippen molar-refractivity contribution in [2.75, 3.05) is 0 Å². The Hall–Kier alpha value is -2.06. The molecule has 0 bridgehead atoms. The molecule has 2 nitrogen and oxygen atoms in total. The van der Waals surface area contributed by atoms with Gasteiger partial charge in [0.15, 0.2) is 0 Å². The fraction of sp³-hybridized carbons (Fsp3) is 0.263. The van der Waals surface area contributed by atoms with Crippen LogP contribution >= 0.6 is 0 Å². The van der Waals surface area contributed by atoms with Gasteiger partial charge in [0.1, 0.15) is 17.4 Å². The molecule has 0 aliphatic rings. The van der Waals surface area contributed by atoms with Crippen LogP contribution in [0.5, 0.6) is 0 Å². The van der Waals surface area contributed by atoms with Crippen LogP contribution in [0, 0.1) is 5.41 Å². The fourth-order valence-electron chi connectivity index (χ4n) is 2.44. The Morgan fingerprint density at radius 2 is 1.62 bits per heavy atom. The highest BCUT2D eigenvalue weighted by Crippen LogP contribution is 2.36. The lowest BCUT2D eigenvalue weighted by Crippen LogP contribution is -2.16. The summed E-state index contributed by atoms with van der Waals surface area (Å²) in [7, 11) is 0. The largest absolute Gasteiger partial charge is 0.458 e. The van der Waals surface area contributed by atoms with Crippen LogP contribution in [-0.2, 0) is 0 Å². The summed E-state index contributed by atoms with van der Waals surface area (Å²) >= 11 is 0. The highest BCUT2D eigenvalue weighted by molar-refractivity contribution is 5.84. The molecule has 0 fully saturated rings. The van der Waals surface area contributed by atoms with E-state index in [0.29, 0.717) is 5.76 Å². The summed E-state index contributed by atoms with van der Waals surface area (Å²) in [4.78, 5) is 0. The molecule has 21 heavy (non-hydrogen) atoms. The third kappa shape index (κ3) is 2.72. The molecule has 1 atom stereocenters. The zero-order valence-corrected chi connectivity index (χ0v) is 12.6. The Kier molecular flexibility index (Phi) is 3.34. The molecule has 1 unspecified atom stereocenters. The minimum Gasteiger partial charge on any atom is -0.458 e. The molecule has 1 aromatic heterocycles. The molecule has 108 valence electrons. The second-order valence-corrected chi connectivity index (χ2v) is 6.54. The number of hydrogen-bond donors (Lipinski definition) is 1. The molecule has 0 saturated heterocycles. The molecule has 1 heterocycles. The van der Waals surface area contributed by atoms with Gasteiger partial charge in [-0.15, -0.1) is 0 Å². The molecule has 3 rings (SSSR count). The topological polar surface area (TPSA) is 33.4 Å². The van der Waals surface area contributed by atoms with Gasteiger partial charge in [-0.3, -0.25) is 0 Å². The number of hydrogen-bond acceptors (Lipinski definition) is 2. The van der Waals surface area contributed by atoms with Crippen LogP contribution in [0.3, 0.4) is 0 Å². The van der Waals surface area contributed by atoms with Crippen LogP contribution in [0.25, 0.3) is 22.1 Å². The molecule has 0 radical (unpaired) electrons. The zero-order chi connectivity index (χ0) is 15.0. The summed E-state index contributed by atoms with van der Waals surface area (Å²) in [5.41, 5.74) is 2.91. The van der Waals surface area contributed by atoms with Crippen molar-refractivity contribution in [2.24, 2.45) is 5.41 Å². The molecule has 3 aromatic rings. The van der Waals surface area contributed by atoms with E-state index in [0.717, 1.165) is 16.5 Å². The third-order valence-corrected chi connectivity index (χ3v) is 3.73. The first kappa shape index (κ1) is 13.9. The molecule has 0 spiro atoms. The Morgan fingerprint density at radius 1 is 0.905 bits per heavy atom. The zero-order valence-electron chi connectivity index (χ0n) is 12.6. The van der Waals surface area contributed by atoms with Crippen LogP contribution in [0.4, 0.5) is 0 Å². The first-order valence-corrected chi connectivity index (χ1v) is 7.22. The van der Waals surface area contributed by atoms with E-state index in [4.69, 9.17) is 4.42 Å². The molecule has 0 amide bonds. The summed E-state index contributed by atoms with van der Waals surface area (Å²) in [5.74, 6) is 0.628. The van der Waals surface area contributed by atoms with E-state index in [-0.39, 0.29) is 5.41 Å². The van der Waals surface area contributed by atoms with Crippen molar-refractivity contribution < 1.29 is 9.52 Å². The van der Waals surface area contributed by atoms with Crippen molar-refractivity contribution in [2.45, 2.75) is 26.9 Å². The third-order valence-electron chi connectivity index (χ3n) is 3.73. The van der Waals surface area contributed by atoms with E-state index in [1.165, 1.54) is 5.56 Å². The van der Waals surface area contributed by atoms with Gasteiger partial charge in [0.25, 0.3) is 0 Å². The SMILES string of the molecule is CC(C)(C)C(O)c1cc2cc(-c3ccccc3)ccc2o1. The average molecular weight is 280 g/mol. The van der Waals surface area contributed by atoms with Gasteiger partial charge in [0.05, 0.1) is 0 Å². The van der Waals surface area contributed by atoms with Gasteiger partial charge in [0.2, 0.25) is 0 Å². The highest BCUT2D eigenvalue weighted by atomic mass is 16.4. The summed E-state index contributed by atoms with van der Waals surface area (Å²) in [6.07, 6.45) is -0.606. The Bertz CT molecular complexity index is 748. The lowest BCUT2D eigenvalue weighted by Gasteiger charge is -2.23. The minimum atomic E-state index is -0.606. The van der Waals surface area contributed by atoms with Gasteiger partial charge in [-0.05, 0) is 34.7 Å². The lowest BCUT2D eigenvalue weighted by molar-refractivity contribution is 0.0448. The van der Waals surface area contributed by atoms with E-state index in [9.17, 15) is 5.11 Å². The van der Waals surface area contributed by atoms with Crippen molar-refractivity contribution in [1.29, 1.82) is 0 Å². The van der Waals surface area contributed by atoms with Gasteiger partial charge >= 0.3 is 0 Å². The first-order valence-electron chi connectivity index (χ1n) is 7.22. The summed E-state index contributed by atoms with van der Waals surface area (Å²) in [5, 5.41) is 11.4. The first-order chi connectivity index (χ1) is 9.95. The van der Waals surface area contributed by atoms with Gasteiger partial charge in [-0.2, -0.15) is 0 Å². The van der Waals surface area contributed by atoms with Crippen LogP contribution < -0.4 is 0 Å². The number of aliphatic hydroxyl groups is 1. The van der Waals surface area contributed by atoms with E-state index < -0.39 is 6.10 Å². The van der Waals surface area contributed by atoms with Crippen LogP contribution in [0.1, 0.15) is 32.6 Å². The molecule has 2 heteroatoms. The van der Waals surface area contributed by atoms with E-state index in [1.54, 1.807) is 0 Å². The Labute approximate surface area is 125 Å². The van der Waals surface area contributed by atoms with E-state index >= 15 is 0 Å². The maximum atomic E-state index is 10.4. The van der Waals surface area contributed by atoms with Crippen LogP contribution in [0.2, 0.25) is 0 Å². The molecular formula is C19H20O2. The summed E-state index contributed by atoms with van der Waals surface area (Å²) in [6, 6.07) is 18.3. The number of benzene rings is 2. The maximum absolute atomic E-state index is 10.4. The van der Waals surface area contributed by atoms with Gasteiger partial charge in [-0.1, -0.05) is 57.2 Å². The minimum absolute atomic E-state index is 0.240. The molecule has 0 aliphatic carbocycles. The number of furan rings is 1. The second-order valence-electron chi connectivity index (χ2n) is 6.54. The molecule has 0 saturated carbocycles. The molecule has 0 aliphatic heterocycles. The van der Waals surface area contributed by atoms with Crippen molar-refractivity contribution in [1.82, 2.24) is 0 Å². The lowest BCUT2D eigenvalue weighted by atomic mass is 9.88. The number of aliphatic hydroxyl groups excluding tert-OH is 1. The highest BCUT2D eigenvalue weighted by Gasteiger charge is 2.26. The van der Waals surface area contributed by atoms with Crippen molar-refractivity contribution in [3.8, 4) is 11.1 Å². The number of fused-ring (bicyclic) bond motifs is 1. The van der Waals surface area contributed by atoms with Gasteiger partial charge in [0, 0.05) is 5.39 Å². The van der Waals surface area contributed by atoms with Crippen molar-refractivity contribution in [3.63, 3.8) is 0 Å². The van der Waals surface area contributed by atoms with E-state index in [2.05, 4.69) is 24.3 Å². The predicted molar refractivity (Wildman–Crippen MR) is 86.1 cm³/mol. The molecular weight excluding hydrogens is 260 g/mol. The van der Waals surface area contributed by atoms with Crippen molar-refractivity contribution in [3.05, 3.63) is 60.4 Å². The Balaban J connectivity index is 2.04. The van der Waals surface area contributed by atoms with Crippen LogP contribution in [-0.4, -0.2) is 5.11 Å². The standard InChI is InChI=1S/C19H20O2/c1-19(2,3)18(20)17-12-15-11-14(9-10-16(15)21-17)13-7-5-4-6-8-13/h4-12,18,20H,1-3H3. The van der Waals surface area contributed by atoms with Gasteiger partial charge < -0.3 is 9.52 Å². The van der Waals surface area contributed by atoms with Crippen molar-refractivity contribution >= 4 is 11.0 Å². The van der Waals surface area contributed by atoms with E-state index in [1.807, 2.05) is 51.1 Å². The molecule has 2 aromatic carbocycles. The van der Waals surface area contributed by atoms with Gasteiger partial charge in [-0.25, -0.2) is 0 Å². The maximum Gasteiger partial charge on any atom is 0.134 e. The second kappa shape index (κ2) is 5.05. The fourth-order valence-corrected chi connectivity index (χ4v) is 2.44. The summed E-state index contributed by atoms with van der Waals surface area (Å²) in [6.45, 7) is 6.00. The average Bonchev–Trinajstić information content (AvgIpc) is 2.89. The monoisotopic (exact) mass is 280 g/mol. The Morgan fingerprint density at radius 3 is 2.29 bits per heavy atom. The normalized spacial score (nSPS) is 13.5. The van der Waals surface area contributed by atoms with Crippen LogP contribution in [0.15, 0.2) is 59.0 Å². The summed E-state index contributed by atoms with van der Waals surface area (Å²) < 4.78 is 5.80. The quantitative estimate of drug-likeness (QED) is 0.701.